The van der Waals surface area contributed by atoms with Gasteiger partial charge in [0.1, 0.15) is 19.3 Å². The Bertz CT molecular complexity index is 1990. The molecule has 612 valence electrons. The fourth-order valence-corrected chi connectivity index (χ4v) is 14.6. The van der Waals surface area contributed by atoms with Gasteiger partial charge in [-0.25, -0.2) is 9.13 Å². The summed E-state index contributed by atoms with van der Waals surface area (Å²) < 4.78 is 68.8. The second-order valence-electron chi connectivity index (χ2n) is 31.4. The van der Waals surface area contributed by atoms with E-state index in [2.05, 4.69) is 48.5 Å². The van der Waals surface area contributed by atoms with E-state index in [0.29, 0.717) is 25.7 Å². The van der Waals surface area contributed by atoms with Gasteiger partial charge in [-0.1, -0.05) is 389 Å². The Morgan fingerprint density at radius 2 is 0.495 bits per heavy atom. The molecule has 0 radical (unpaired) electrons. The molecule has 0 saturated carbocycles. The van der Waals surface area contributed by atoms with Crippen molar-refractivity contribution in [3.63, 3.8) is 0 Å². The number of hydrogen-bond donors (Lipinski definition) is 3. The lowest BCUT2D eigenvalue weighted by Crippen LogP contribution is -2.30. The molecule has 0 amide bonds. The van der Waals surface area contributed by atoms with Crippen LogP contribution in [0.3, 0.4) is 0 Å². The molecule has 3 unspecified atom stereocenters. The number of phosphoric ester groups is 2. The zero-order chi connectivity index (χ0) is 75.8. The van der Waals surface area contributed by atoms with Crippen LogP contribution in [0.5, 0.6) is 0 Å². The van der Waals surface area contributed by atoms with Crippen molar-refractivity contribution >= 4 is 39.5 Å². The second kappa shape index (κ2) is 74.2. The highest BCUT2D eigenvalue weighted by atomic mass is 31.2. The van der Waals surface area contributed by atoms with Gasteiger partial charge in [0.25, 0.3) is 0 Å². The monoisotopic (exact) mass is 1510 g/mol. The van der Waals surface area contributed by atoms with E-state index < -0.39 is 97.5 Å². The summed E-state index contributed by atoms with van der Waals surface area (Å²) in [5.41, 5.74) is 0. The van der Waals surface area contributed by atoms with Gasteiger partial charge in [-0.3, -0.25) is 37.3 Å². The predicted molar refractivity (Wildman–Crippen MR) is 423 cm³/mol. The Hall–Kier alpha value is -1.94. The van der Waals surface area contributed by atoms with Gasteiger partial charge in [0.2, 0.25) is 0 Å². The number of esters is 4. The first-order chi connectivity index (χ1) is 49.8. The fraction of sp³-hybridized carbons (Fsp3) is 0.952. The van der Waals surface area contributed by atoms with E-state index >= 15 is 0 Å². The third-order valence-electron chi connectivity index (χ3n) is 20.0. The SMILES string of the molecule is CCCCCCCCCCCCCCCCCCCCCCCCC(=O)O[C@H](COC(=O)CCCCCCCCCCCCCCCCCC(C)C)COP(=O)(O)OC[C@@H](O)COP(=O)(O)OC[C@@H](COC(=O)CCCCCCCCC(C)CC)OC(=O)CCCCCCCCCCCCC(C)C. The summed E-state index contributed by atoms with van der Waals surface area (Å²) >= 11 is 0. The zero-order valence-electron chi connectivity index (χ0n) is 67.8. The maximum Gasteiger partial charge on any atom is 0.472 e. The Morgan fingerprint density at radius 3 is 0.738 bits per heavy atom. The van der Waals surface area contributed by atoms with E-state index in [1.54, 1.807) is 0 Å². The van der Waals surface area contributed by atoms with Crippen molar-refractivity contribution in [3.05, 3.63) is 0 Å². The summed E-state index contributed by atoms with van der Waals surface area (Å²) in [6.45, 7) is 11.9. The van der Waals surface area contributed by atoms with Gasteiger partial charge < -0.3 is 33.8 Å². The highest BCUT2D eigenvalue weighted by Gasteiger charge is 2.30. The topological polar surface area (TPSA) is 237 Å². The van der Waals surface area contributed by atoms with Gasteiger partial charge in [0.15, 0.2) is 12.2 Å². The maximum atomic E-state index is 13.1. The Morgan fingerprint density at radius 1 is 0.282 bits per heavy atom. The molecule has 17 nitrogen and oxygen atoms in total. The number of aliphatic hydroxyl groups excluding tert-OH is 1. The molecule has 0 aliphatic heterocycles. The molecule has 0 spiro atoms. The molecule has 0 heterocycles. The number of carbonyl (C=O) groups excluding carboxylic acids is 4. The molecule has 0 fully saturated rings. The number of phosphoric acid groups is 2. The highest BCUT2D eigenvalue weighted by molar-refractivity contribution is 7.47. The molecular formula is C84H164O17P2. The number of carbonyl (C=O) groups is 4. The largest absolute Gasteiger partial charge is 0.472 e. The average molecular weight is 1510 g/mol. The first-order valence-electron chi connectivity index (χ1n) is 43.4. The Kier molecular flexibility index (Phi) is 72.8. The molecular weight excluding hydrogens is 1340 g/mol. The predicted octanol–water partition coefficient (Wildman–Crippen LogP) is 25.3. The molecule has 0 bridgehead atoms. The first kappa shape index (κ1) is 101. The third-order valence-corrected chi connectivity index (χ3v) is 21.9. The van der Waals surface area contributed by atoms with Gasteiger partial charge in [-0.05, 0) is 43.4 Å². The van der Waals surface area contributed by atoms with E-state index in [1.165, 1.54) is 244 Å². The first-order valence-corrected chi connectivity index (χ1v) is 46.4. The van der Waals surface area contributed by atoms with Crippen LogP contribution in [0.25, 0.3) is 0 Å². The Balaban J connectivity index is 5.22. The summed E-state index contributed by atoms with van der Waals surface area (Å²) in [6, 6.07) is 0. The van der Waals surface area contributed by atoms with E-state index in [0.717, 1.165) is 114 Å². The number of aliphatic hydroxyl groups is 1. The lowest BCUT2D eigenvalue weighted by Gasteiger charge is -2.21. The van der Waals surface area contributed by atoms with E-state index in [9.17, 15) is 43.2 Å². The fourth-order valence-electron chi connectivity index (χ4n) is 13.0. The molecule has 0 rings (SSSR count). The summed E-state index contributed by atoms with van der Waals surface area (Å²) in [7, 11) is -9.92. The minimum Gasteiger partial charge on any atom is -0.462 e. The van der Waals surface area contributed by atoms with Crippen LogP contribution in [-0.4, -0.2) is 96.7 Å². The smallest absolute Gasteiger partial charge is 0.462 e. The van der Waals surface area contributed by atoms with Crippen LogP contribution in [-0.2, 0) is 65.4 Å². The van der Waals surface area contributed by atoms with Crippen molar-refractivity contribution in [2.24, 2.45) is 17.8 Å². The maximum absolute atomic E-state index is 13.1. The summed E-state index contributed by atoms with van der Waals surface area (Å²) in [6.07, 6.45) is 64.1. The van der Waals surface area contributed by atoms with E-state index in [1.807, 2.05) is 0 Å². The zero-order valence-corrected chi connectivity index (χ0v) is 69.6. The van der Waals surface area contributed by atoms with Crippen molar-refractivity contribution in [1.82, 2.24) is 0 Å². The number of hydrogen-bond acceptors (Lipinski definition) is 15. The van der Waals surface area contributed by atoms with E-state index in [4.69, 9.17) is 37.0 Å². The third kappa shape index (κ3) is 76.6. The molecule has 0 aromatic carbocycles. The normalized spacial score (nSPS) is 14.2. The summed E-state index contributed by atoms with van der Waals surface area (Å²) in [5.74, 6) is 0.178. The highest BCUT2D eigenvalue weighted by Crippen LogP contribution is 2.45. The van der Waals surface area contributed by atoms with Crippen LogP contribution < -0.4 is 0 Å². The van der Waals surface area contributed by atoms with E-state index in [-0.39, 0.29) is 25.7 Å². The molecule has 0 aromatic heterocycles. The molecule has 0 aliphatic carbocycles. The van der Waals surface area contributed by atoms with Crippen LogP contribution in [0.2, 0.25) is 0 Å². The van der Waals surface area contributed by atoms with Gasteiger partial charge in [0, 0.05) is 25.7 Å². The molecule has 103 heavy (non-hydrogen) atoms. The lowest BCUT2D eigenvalue weighted by atomic mass is 10.00. The van der Waals surface area contributed by atoms with Gasteiger partial charge in [-0.2, -0.15) is 0 Å². The molecule has 19 heteroatoms. The number of ether oxygens (including phenoxy) is 4. The van der Waals surface area contributed by atoms with Crippen molar-refractivity contribution in [1.29, 1.82) is 0 Å². The van der Waals surface area contributed by atoms with Crippen LogP contribution in [0.15, 0.2) is 0 Å². The molecule has 0 saturated heterocycles. The minimum atomic E-state index is -4.96. The Labute approximate surface area is 632 Å². The summed E-state index contributed by atoms with van der Waals surface area (Å²) in [4.78, 5) is 73.1. The van der Waals surface area contributed by atoms with Crippen molar-refractivity contribution in [2.75, 3.05) is 39.6 Å². The van der Waals surface area contributed by atoms with Crippen molar-refractivity contribution in [3.8, 4) is 0 Å². The van der Waals surface area contributed by atoms with Crippen LogP contribution in [0.4, 0.5) is 0 Å². The molecule has 6 atom stereocenters. The summed E-state index contributed by atoms with van der Waals surface area (Å²) in [5, 5.41) is 10.7. The van der Waals surface area contributed by atoms with Crippen molar-refractivity contribution in [2.45, 2.75) is 458 Å². The molecule has 0 aromatic rings. The van der Waals surface area contributed by atoms with Gasteiger partial charge in [-0.15, -0.1) is 0 Å². The minimum absolute atomic E-state index is 0.105. The quantitative estimate of drug-likeness (QED) is 0.0222. The number of rotatable bonds is 82. The van der Waals surface area contributed by atoms with Crippen LogP contribution in [0, 0.1) is 17.8 Å². The van der Waals surface area contributed by atoms with Gasteiger partial charge >= 0.3 is 39.5 Å². The standard InChI is InChI=1S/C84H164O17P2/c1-8-10-11-12-13-14-15-16-17-18-19-20-21-22-23-26-30-33-39-44-53-60-67-83(88)100-79(71-94-81(86)65-58-51-43-38-32-29-27-24-25-28-31-36-41-48-55-62-75(3)4)73-98-102(90,91)96-69-78(85)70-97-103(92,93)99-74-80(72-95-82(87)66-59-52-47-46-50-57-64-77(7)9-2)101-84(89)68-61-54-45-40-35-34-37-42-49-56-63-76(5)6/h75-80,85H,8-74H2,1-7H3,(H,90,91)(H,92,93)/t77?,78-,79-,80-/m1/s1. The average Bonchev–Trinajstić information content (AvgIpc) is 0.908. The molecule has 3 N–H and O–H groups in total. The van der Waals surface area contributed by atoms with Gasteiger partial charge in [0.05, 0.1) is 26.4 Å². The lowest BCUT2D eigenvalue weighted by molar-refractivity contribution is -0.161. The number of unbranched alkanes of at least 4 members (excludes halogenated alkanes) is 49. The molecule has 0 aliphatic rings. The van der Waals surface area contributed by atoms with Crippen LogP contribution in [0.1, 0.15) is 440 Å². The van der Waals surface area contributed by atoms with Crippen LogP contribution >= 0.6 is 15.6 Å². The second-order valence-corrected chi connectivity index (χ2v) is 34.3. The van der Waals surface area contributed by atoms with Crippen molar-refractivity contribution < 1.29 is 80.2 Å².